The van der Waals surface area contributed by atoms with Crippen molar-refractivity contribution in [2.75, 3.05) is 24.9 Å². The smallest absolute Gasteiger partial charge is 0.249 e. The Balaban J connectivity index is 1.66. The zero-order valence-corrected chi connectivity index (χ0v) is 17.9. The lowest BCUT2D eigenvalue weighted by Crippen LogP contribution is -2.35. The highest BCUT2D eigenvalue weighted by Crippen LogP contribution is 2.35. The molecule has 0 saturated carbocycles. The summed E-state index contributed by atoms with van der Waals surface area (Å²) in [5, 5.41) is 10.4. The van der Waals surface area contributed by atoms with E-state index >= 15 is 0 Å². The summed E-state index contributed by atoms with van der Waals surface area (Å²) in [5.41, 5.74) is 4.17. The zero-order valence-electron chi connectivity index (χ0n) is 17.9. The Kier molecular flexibility index (Phi) is 5.37. The van der Waals surface area contributed by atoms with Crippen LogP contribution < -0.4 is 20.1 Å². The van der Waals surface area contributed by atoms with Crippen molar-refractivity contribution in [1.29, 1.82) is 0 Å². The van der Waals surface area contributed by atoms with E-state index in [2.05, 4.69) is 15.7 Å². The molecule has 31 heavy (non-hydrogen) atoms. The van der Waals surface area contributed by atoms with Crippen LogP contribution in [0.1, 0.15) is 23.6 Å². The van der Waals surface area contributed by atoms with Crippen molar-refractivity contribution in [2.24, 2.45) is 0 Å². The Morgan fingerprint density at radius 3 is 2.48 bits per heavy atom. The Hall–Kier alpha value is -3.81. The number of fused-ring (bicyclic) bond motifs is 1. The summed E-state index contributed by atoms with van der Waals surface area (Å²) in [7, 11) is 3.07. The number of nitrogens with one attached hydrogen (secondary N) is 2. The van der Waals surface area contributed by atoms with E-state index in [0.29, 0.717) is 23.0 Å². The molecule has 0 fully saturated rings. The molecule has 8 nitrogen and oxygen atoms in total. The van der Waals surface area contributed by atoms with Gasteiger partial charge in [-0.05, 0) is 26.0 Å². The van der Waals surface area contributed by atoms with Crippen LogP contribution in [0.15, 0.2) is 42.5 Å². The molecule has 0 spiro atoms. The quantitative estimate of drug-likeness (QED) is 0.656. The number of anilines is 2. The summed E-state index contributed by atoms with van der Waals surface area (Å²) in [5.74, 6) is 1.04. The number of hydrogen-bond donors (Lipinski definition) is 2. The third-order valence-corrected chi connectivity index (χ3v) is 5.36. The first kappa shape index (κ1) is 20.5. The van der Waals surface area contributed by atoms with Crippen LogP contribution in [0.25, 0.3) is 11.3 Å². The normalized spacial score (nSPS) is 15.1. The van der Waals surface area contributed by atoms with Gasteiger partial charge in [-0.2, -0.15) is 5.10 Å². The summed E-state index contributed by atoms with van der Waals surface area (Å²) in [4.78, 5) is 25.5. The maximum absolute atomic E-state index is 13.1. The molecule has 0 aliphatic carbocycles. The lowest BCUT2D eigenvalue weighted by molar-refractivity contribution is -0.125. The molecule has 1 atom stereocenters. The number of carbonyl (C=O) groups is 2. The summed E-state index contributed by atoms with van der Waals surface area (Å²) in [6.45, 7) is 3.91. The number of aryl methyl sites for hydroxylation is 1. The van der Waals surface area contributed by atoms with Gasteiger partial charge in [0.05, 0.1) is 26.3 Å². The highest BCUT2D eigenvalue weighted by atomic mass is 16.5. The van der Waals surface area contributed by atoms with Gasteiger partial charge in [0.15, 0.2) is 11.5 Å². The fourth-order valence-electron chi connectivity index (χ4n) is 3.67. The minimum Gasteiger partial charge on any atom is -0.493 e. The molecule has 0 saturated heterocycles. The minimum absolute atomic E-state index is 0.000576. The standard InChI is InChI=1S/C23H24N4O4/c1-13-5-7-15(8-6-13)21-14(2)22-25-20(28)12-17(27(22)26-21)23(29)24-16-9-10-18(30-3)19(11-16)31-4/h5-11,17H,12H2,1-4H3,(H,24,29)(H,25,28). The van der Waals surface area contributed by atoms with E-state index in [4.69, 9.17) is 9.47 Å². The first-order chi connectivity index (χ1) is 14.9. The van der Waals surface area contributed by atoms with E-state index in [1.807, 2.05) is 38.1 Å². The summed E-state index contributed by atoms with van der Waals surface area (Å²) >= 11 is 0. The van der Waals surface area contributed by atoms with Crippen LogP contribution in [-0.2, 0) is 9.59 Å². The highest BCUT2D eigenvalue weighted by Gasteiger charge is 2.34. The molecule has 8 heteroatoms. The van der Waals surface area contributed by atoms with Crippen molar-refractivity contribution in [1.82, 2.24) is 9.78 Å². The lowest BCUT2D eigenvalue weighted by Gasteiger charge is -2.24. The average molecular weight is 420 g/mol. The second-order valence-corrected chi connectivity index (χ2v) is 7.46. The molecule has 1 aromatic heterocycles. The van der Waals surface area contributed by atoms with Gasteiger partial charge in [-0.15, -0.1) is 0 Å². The third-order valence-electron chi connectivity index (χ3n) is 5.36. The predicted molar refractivity (Wildman–Crippen MR) is 118 cm³/mol. The topological polar surface area (TPSA) is 94.5 Å². The largest absolute Gasteiger partial charge is 0.493 e. The molecular weight excluding hydrogens is 396 g/mol. The lowest BCUT2D eigenvalue weighted by atomic mass is 10.1. The van der Waals surface area contributed by atoms with Crippen molar-refractivity contribution in [2.45, 2.75) is 26.3 Å². The van der Waals surface area contributed by atoms with Crippen molar-refractivity contribution < 1.29 is 19.1 Å². The molecule has 4 rings (SSSR count). The number of methoxy groups -OCH3 is 2. The Morgan fingerprint density at radius 1 is 1.10 bits per heavy atom. The van der Waals surface area contributed by atoms with Gasteiger partial charge in [0, 0.05) is 22.9 Å². The molecule has 2 amide bonds. The van der Waals surface area contributed by atoms with Crippen LogP contribution in [0.5, 0.6) is 11.5 Å². The van der Waals surface area contributed by atoms with Crippen molar-refractivity contribution in [3.8, 4) is 22.8 Å². The van der Waals surface area contributed by atoms with Crippen LogP contribution in [0.3, 0.4) is 0 Å². The molecule has 160 valence electrons. The summed E-state index contributed by atoms with van der Waals surface area (Å²) < 4.78 is 12.1. The molecular formula is C23H24N4O4. The molecule has 1 unspecified atom stereocenters. The maximum Gasteiger partial charge on any atom is 0.249 e. The number of nitrogens with zero attached hydrogens (tertiary/aromatic N) is 2. The van der Waals surface area contributed by atoms with Gasteiger partial charge in [0.2, 0.25) is 11.8 Å². The van der Waals surface area contributed by atoms with E-state index in [0.717, 1.165) is 22.4 Å². The Morgan fingerprint density at radius 2 is 1.81 bits per heavy atom. The molecule has 3 aromatic rings. The van der Waals surface area contributed by atoms with Crippen LogP contribution in [0.2, 0.25) is 0 Å². The SMILES string of the molecule is COc1ccc(NC(=O)C2CC(=O)Nc3c(C)c(-c4ccc(C)cc4)nn32)cc1OC. The number of benzene rings is 2. The van der Waals surface area contributed by atoms with Gasteiger partial charge in [-0.3, -0.25) is 9.59 Å². The molecule has 1 aliphatic heterocycles. The van der Waals surface area contributed by atoms with Gasteiger partial charge in [-0.1, -0.05) is 29.8 Å². The van der Waals surface area contributed by atoms with Crippen molar-refractivity contribution in [3.63, 3.8) is 0 Å². The average Bonchev–Trinajstić information content (AvgIpc) is 3.10. The number of amides is 2. The maximum atomic E-state index is 13.1. The van der Waals surface area contributed by atoms with Crippen LogP contribution in [-0.4, -0.2) is 35.8 Å². The van der Waals surface area contributed by atoms with Crippen molar-refractivity contribution >= 4 is 23.3 Å². The first-order valence-corrected chi connectivity index (χ1v) is 9.90. The number of carbonyl (C=O) groups excluding carboxylic acids is 2. The van der Waals surface area contributed by atoms with Crippen LogP contribution >= 0.6 is 0 Å². The predicted octanol–water partition coefficient (Wildman–Crippen LogP) is 3.71. The third kappa shape index (κ3) is 3.84. The molecule has 2 heterocycles. The second kappa shape index (κ2) is 8.14. The number of ether oxygens (including phenoxy) is 2. The first-order valence-electron chi connectivity index (χ1n) is 9.90. The van der Waals surface area contributed by atoms with E-state index in [1.54, 1.807) is 30.0 Å². The van der Waals surface area contributed by atoms with Crippen molar-refractivity contribution in [3.05, 3.63) is 53.6 Å². The van der Waals surface area contributed by atoms with Gasteiger partial charge in [-0.25, -0.2) is 4.68 Å². The monoisotopic (exact) mass is 420 g/mol. The molecule has 1 aliphatic rings. The fourth-order valence-corrected chi connectivity index (χ4v) is 3.67. The van der Waals surface area contributed by atoms with Crippen LogP contribution in [0.4, 0.5) is 11.5 Å². The molecule has 0 bridgehead atoms. The van der Waals surface area contributed by atoms with E-state index in [-0.39, 0.29) is 18.2 Å². The fraction of sp³-hybridized carbons (Fsp3) is 0.261. The molecule has 2 N–H and O–H groups in total. The Labute approximate surface area is 180 Å². The number of rotatable bonds is 5. The van der Waals surface area contributed by atoms with Crippen LogP contribution in [0, 0.1) is 13.8 Å². The summed E-state index contributed by atoms with van der Waals surface area (Å²) in [6.07, 6.45) is 0.000576. The summed E-state index contributed by atoms with van der Waals surface area (Å²) in [6, 6.07) is 12.3. The van der Waals surface area contributed by atoms with Gasteiger partial charge in [0.25, 0.3) is 0 Å². The number of hydrogen-bond acceptors (Lipinski definition) is 5. The van der Waals surface area contributed by atoms with E-state index < -0.39 is 6.04 Å². The van der Waals surface area contributed by atoms with Gasteiger partial charge in [0.1, 0.15) is 11.9 Å². The Bertz CT molecular complexity index is 1150. The van der Waals surface area contributed by atoms with Gasteiger partial charge >= 0.3 is 0 Å². The highest BCUT2D eigenvalue weighted by molar-refractivity contribution is 6.02. The number of aromatic nitrogens is 2. The molecule has 0 radical (unpaired) electrons. The zero-order chi connectivity index (χ0) is 22.1. The van der Waals surface area contributed by atoms with E-state index in [1.165, 1.54) is 7.11 Å². The van der Waals surface area contributed by atoms with E-state index in [9.17, 15) is 9.59 Å². The van der Waals surface area contributed by atoms with Gasteiger partial charge < -0.3 is 20.1 Å². The second-order valence-electron chi connectivity index (χ2n) is 7.46. The molecule has 2 aromatic carbocycles. The minimum atomic E-state index is -0.769.